The number of methoxy groups -OCH3 is 1. The molecule has 0 unspecified atom stereocenters. The van der Waals surface area contributed by atoms with Gasteiger partial charge in [0.05, 0.1) is 13.7 Å². The monoisotopic (exact) mass is 284 g/mol. The minimum atomic E-state index is -0.0860. The van der Waals surface area contributed by atoms with Gasteiger partial charge in [0.2, 0.25) is 5.71 Å². The van der Waals surface area contributed by atoms with Crippen LogP contribution in [0.5, 0.6) is 5.75 Å². The van der Waals surface area contributed by atoms with E-state index in [4.69, 9.17) is 9.15 Å². The summed E-state index contributed by atoms with van der Waals surface area (Å²) in [6.45, 7) is 4.16. The lowest BCUT2D eigenvalue weighted by Crippen LogP contribution is -2.21. The molecule has 3 rings (SSSR count). The Bertz CT molecular complexity index is 862. The summed E-state index contributed by atoms with van der Waals surface area (Å²) < 4.78 is 12.3. The average Bonchev–Trinajstić information content (AvgIpc) is 2.78. The lowest BCUT2D eigenvalue weighted by Gasteiger charge is -2.07. The van der Waals surface area contributed by atoms with E-state index in [0.29, 0.717) is 17.6 Å². The zero-order chi connectivity index (χ0) is 15.0. The topological polar surface area (TPSA) is 57.3 Å². The molecule has 0 saturated heterocycles. The Morgan fingerprint density at radius 3 is 2.90 bits per heavy atom. The molecule has 1 aromatic carbocycles. The maximum absolute atomic E-state index is 12.6. The second kappa shape index (κ2) is 5.09. The van der Waals surface area contributed by atoms with Crippen molar-refractivity contribution in [2.24, 2.45) is 0 Å². The second-order valence-electron chi connectivity index (χ2n) is 4.99. The van der Waals surface area contributed by atoms with Crippen LogP contribution in [0.4, 0.5) is 0 Å². The highest BCUT2D eigenvalue weighted by molar-refractivity contribution is 5.77. The molecule has 0 amide bonds. The van der Waals surface area contributed by atoms with Gasteiger partial charge in [-0.2, -0.15) is 0 Å². The Morgan fingerprint density at radius 1 is 1.33 bits per heavy atom. The Labute approximate surface area is 121 Å². The third-order valence-electron chi connectivity index (χ3n) is 3.64. The van der Waals surface area contributed by atoms with Crippen LogP contribution in [0, 0.1) is 13.8 Å². The van der Waals surface area contributed by atoms with Gasteiger partial charge >= 0.3 is 0 Å². The Kier molecular flexibility index (Phi) is 3.25. The molecule has 5 nitrogen and oxygen atoms in total. The van der Waals surface area contributed by atoms with Crippen LogP contribution >= 0.6 is 0 Å². The minimum absolute atomic E-state index is 0.0860. The molecule has 0 spiro atoms. The lowest BCUT2D eigenvalue weighted by atomic mass is 10.2. The SMILES string of the molecule is COc1cccc(Cn2cnc3oc(C)c(C)c3c2=O)c1. The van der Waals surface area contributed by atoms with Crippen molar-refractivity contribution >= 4 is 11.1 Å². The van der Waals surface area contributed by atoms with Gasteiger partial charge in [0.25, 0.3) is 5.56 Å². The number of ether oxygens (including phenoxy) is 1. The summed E-state index contributed by atoms with van der Waals surface area (Å²) >= 11 is 0. The smallest absolute Gasteiger partial charge is 0.265 e. The van der Waals surface area contributed by atoms with Crippen LogP contribution in [0.1, 0.15) is 16.9 Å². The van der Waals surface area contributed by atoms with Crippen LogP contribution < -0.4 is 10.3 Å². The van der Waals surface area contributed by atoms with Gasteiger partial charge in [0, 0.05) is 5.56 Å². The number of aromatic nitrogens is 2. The Hall–Kier alpha value is -2.56. The Balaban J connectivity index is 2.06. The first kappa shape index (κ1) is 13.4. The molecule has 0 aliphatic carbocycles. The van der Waals surface area contributed by atoms with Crippen molar-refractivity contribution in [2.45, 2.75) is 20.4 Å². The van der Waals surface area contributed by atoms with Gasteiger partial charge in [-0.25, -0.2) is 4.98 Å². The van der Waals surface area contributed by atoms with E-state index in [2.05, 4.69) is 4.98 Å². The zero-order valence-corrected chi connectivity index (χ0v) is 12.2. The van der Waals surface area contributed by atoms with E-state index in [0.717, 1.165) is 22.6 Å². The van der Waals surface area contributed by atoms with Gasteiger partial charge in [-0.15, -0.1) is 0 Å². The van der Waals surface area contributed by atoms with Crippen LogP contribution in [0.3, 0.4) is 0 Å². The van der Waals surface area contributed by atoms with Crippen LogP contribution in [-0.4, -0.2) is 16.7 Å². The number of fused-ring (bicyclic) bond motifs is 1. The fourth-order valence-electron chi connectivity index (χ4n) is 2.35. The third kappa shape index (κ3) is 2.31. The fraction of sp³-hybridized carbons (Fsp3) is 0.250. The van der Waals surface area contributed by atoms with Gasteiger partial charge in [0.15, 0.2) is 0 Å². The van der Waals surface area contributed by atoms with Crippen molar-refractivity contribution in [3.05, 3.63) is 57.8 Å². The molecule has 0 bridgehead atoms. The van der Waals surface area contributed by atoms with Crippen molar-refractivity contribution in [1.29, 1.82) is 0 Å². The number of nitrogens with zero attached hydrogens (tertiary/aromatic N) is 2. The van der Waals surface area contributed by atoms with E-state index in [9.17, 15) is 4.79 Å². The van der Waals surface area contributed by atoms with Gasteiger partial charge in [-0.1, -0.05) is 12.1 Å². The van der Waals surface area contributed by atoms with Crippen LogP contribution in [-0.2, 0) is 6.54 Å². The lowest BCUT2D eigenvalue weighted by molar-refractivity contribution is 0.414. The number of aryl methyl sites for hydroxylation is 2. The number of benzene rings is 1. The Morgan fingerprint density at radius 2 is 2.14 bits per heavy atom. The quantitative estimate of drug-likeness (QED) is 0.742. The molecule has 0 atom stereocenters. The maximum Gasteiger partial charge on any atom is 0.265 e. The molecular formula is C16H16N2O3. The number of hydrogen-bond acceptors (Lipinski definition) is 4. The first-order chi connectivity index (χ1) is 10.1. The summed E-state index contributed by atoms with van der Waals surface area (Å²) in [5.41, 5.74) is 2.15. The molecule has 2 aromatic heterocycles. The van der Waals surface area contributed by atoms with E-state index in [1.165, 1.54) is 6.33 Å². The molecule has 0 saturated carbocycles. The van der Waals surface area contributed by atoms with Crippen molar-refractivity contribution in [1.82, 2.24) is 9.55 Å². The van der Waals surface area contributed by atoms with Crippen molar-refractivity contribution in [2.75, 3.05) is 7.11 Å². The van der Waals surface area contributed by atoms with Crippen LogP contribution in [0.2, 0.25) is 0 Å². The molecule has 2 heterocycles. The van der Waals surface area contributed by atoms with Crippen molar-refractivity contribution in [3.63, 3.8) is 0 Å². The first-order valence-corrected chi connectivity index (χ1v) is 6.68. The highest BCUT2D eigenvalue weighted by Crippen LogP contribution is 2.19. The van der Waals surface area contributed by atoms with Gasteiger partial charge in [-0.3, -0.25) is 9.36 Å². The van der Waals surface area contributed by atoms with Gasteiger partial charge in [-0.05, 0) is 31.5 Å². The molecule has 0 fully saturated rings. The average molecular weight is 284 g/mol. The largest absolute Gasteiger partial charge is 0.497 e. The molecule has 0 N–H and O–H groups in total. The molecule has 0 aliphatic rings. The van der Waals surface area contributed by atoms with Crippen LogP contribution in [0.25, 0.3) is 11.1 Å². The highest BCUT2D eigenvalue weighted by Gasteiger charge is 2.13. The third-order valence-corrected chi connectivity index (χ3v) is 3.64. The standard InChI is InChI=1S/C16H16N2O3/c1-10-11(2)21-15-14(10)16(19)18(9-17-15)8-12-5-4-6-13(7-12)20-3/h4-7,9H,8H2,1-3H3. The summed E-state index contributed by atoms with van der Waals surface area (Å²) in [7, 11) is 1.62. The fourth-order valence-corrected chi connectivity index (χ4v) is 2.35. The predicted molar refractivity (Wildman–Crippen MR) is 79.8 cm³/mol. The summed E-state index contributed by atoms with van der Waals surface area (Å²) in [6, 6.07) is 7.63. The second-order valence-corrected chi connectivity index (χ2v) is 4.99. The van der Waals surface area contributed by atoms with Crippen molar-refractivity contribution in [3.8, 4) is 5.75 Å². The van der Waals surface area contributed by atoms with Crippen molar-refractivity contribution < 1.29 is 9.15 Å². The molecule has 5 heteroatoms. The van der Waals surface area contributed by atoms with E-state index >= 15 is 0 Å². The molecular weight excluding hydrogens is 268 g/mol. The zero-order valence-electron chi connectivity index (χ0n) is 12.2. The van der Waals surface area contributed by atoms with E-state index in [1.807, 2.05) is 38.1 Å². The van der Waals surface area contributed by atoms with Gasteiger partial charge in [0.1, 0.15) is 23.2 Å². The minimum Gasteiger partial charge on any atom is -0.497 e. The van der Waals surface area contributed by atoms with E-state index < -0.39 is 0 Å². The highest BCUT2D eigenvalue weighted by atomic mass is 16.5. The summed E-state index contributed by atoms with van der Waals surface area (Å²) in [5, 5.41) is 0.554. The molecule has 21 heavy (non-hydrogen) atoms. The first-order valence-electron chi connectivity index (χ1n) is 6.68. The van der Waals surface area contributed by atoms with E-state index in [1.54, 1.807) is 11.7 Å². The maximum atomic E-state index is 12.6. The summed E-state index contributed by atoms with van der Waals surface area (Å²) in [6.07, 6.45) is 1.52. The number of hydrogen-bond donors (Lipinski definition) is 0. The predicted octanol–water partition coefficient (Wildman–Crippen LogP) is 2.66. The van der Waals surface area contributed by atoms with Crippen LogP contribution in [0.15, 0.2) is 39.8 Å². The molecule has 108 valence electrons. The summed E-state index contributed by atoms with van der Waals surface area (Å²) in [5.74, 6) is 1.50. The number of furan rings is 1. The molecule has 3 aromatic rings. The van der Waals surface area contributed by atoms with E-state index in [-0.39, 0.29) is 5.56 Å². The normalized spacial score (nSPS) is 11.0. The van der Waals surface area contributed by atoms with Gasteiger partial charge < -0.3 is 9.15 Å². The number of rotatable bonds is 3. The summed E-state index contributed by atoms with van der Waals surface area (Å²) in [4.78, 5) is 16.8. The molecule has 0 radical (unpaired) electrons. The molecule has 0 aliphatic heterocycles.